The predicted molar refractivity (Wildman–Crippen MR) is 91.8 cm³/mol. The SMILES string of the molecule is O=C(CCC1NC(=O)N(Cc2ccco2)C1=O)NCCc1ccncc1. The topological polar surface area (TPSA) is 105 Å². The summed E-state index contributed by atoms with van der Waals surface area (Å²) in [7, 11) is 0. The Morgan fingerprint density at radius 1 is 1.27 bits per heavy atom. The number of urea groups is 1. The van der Waals surface area contributed by atoms with Crippen LogP contribution >= 0.6 is 0 Å². The molecule has 1 atom stereocenters. The van der Waals surface area contributed by atoms with E-state index in [0.29, 0.717) is 18.7 Å². The molecule has 1 fully saturated rings. The Labute approximate surface area is 150 Å². The Hall–Kier alpha value is -3.16. The van der Waals surface area contributed by atoms with Gasteiger partial charge >= 0.3 is 6.03 Å². The monoisotopic (exact) mass is 356 g/mol. The van der Waals surface area contributed by atoms with Crippen molar-refractivity contribution >= 4 is 17.8 Å². The number of rotatable bonds is 8. The van der Waals surface area contributed by atoms with Gasteiger partial charge in [-0.2, -0.15) is 0 Å². The normalized spacial score (nSPS) is 16.6. The molecule has 4 amide bonds. The van der Waals surface area contributed by atoms with Gasteiger partial charge in [0.15, 0.2) is 0 Å². The molecule has 1 unspecified atom stereocenters. The average molecular weight is 356 g/mol. The zero-order valence-electron chi connectivity index (χ0n) is 14.2. The summed E-state index contributed by atoms with van der Waals surface area (Å²) in [5.74, 6) is 0.0459. The van der Waals surface area contributed by atoms with Crippen LogP contribution in [-0.2, 0) is 22.6 Å². The van der Waals surface area contributed by atoms with Crippen LogP contribution in [0.15, 0.2) is 47.3 Å². The van der Waals surface area contributed by atoms with Crippen LogP contribution in [0, 0.1) is 0 Å². The van der Waals surface area contributed by atoms with Crippen LogP contribution in [0.3, 0.4) is 0 Å². The molecule has 3 heterocycles. The lowest BCUT2D eigenvalue weighted by molar-refractivity contribution is -0.128. The van der Waals surface area contributed by atoms with Crippen molar-refractivity contribution < 1.29 is 18.8 Å². The Balaban J connectivity index is 1.40. The largest absolute Gasteiger partial charge is 0.467 e. The lowest BCUT2D eigenvalue weighted by Crippen LogP contribution is -2.33. The quantitative estimate of drug-likeness (QED) is 0.692. The minimum atomic E-state index is -0.677. The lowest BCUT2D eigenvalue weighted by Gasteiger charge is -2.11. The summed E-state index contributed by atoms with van der Waals surface area (Å²) in [5, 5.41) is 5.43. The Kier molecular flexibility index (Phi) is 5.62. The molecule has 8 nitrogen and oxygen atoms in total. The molecule has 1 saturated heterocycles. The first-order valence-electron chi connectivity index (χ1n) is 8.43. The van der Waals surface area contributed by atoms with Crippen molar-refractivity contribution in [3.63, 3.8) is 0 Å². The van der Waals surface area contributed by atoms with Crippen LogP contribution < -0.4 is 10.6 Å². The van der Waals surface area contributed by atoms with Crippen LogP contribution in [-0.4, -0.2) is 40.3 Å². The maximum Gasteiger partial charge on any atom is 0.325 e. The van der Waals surface area contributed by atoms with E-state index in [2.05, 4.69) is 15.6 Å². The summed E-state index contributed by atoms with van der Waals surface area (Å²) in [5.41, 5.74) is 1.09. The van der Waals surface area contributed by atoms with Crippen LogP contribution in [0.4, 0.5) is 4.79 Å². The molecule has 26 heavy (non-hydrogen) atoms. The number of hydrogen-bond acceptors (Lipinski definition) is 5. The van der Waals surface area contributed by atoms with Crippen molar-refractivity contribution in [2.45, 2.75) is 31.8 Å². The third-order valence-corrected chi connectivity index (χ3v) is 4.15. The molecule has 0 radical (unpaired) electrons. The molecule has 0 bridgehead atoms. The fourth-order valence-corrected chi connectivity index (χ4v) is 2.74. The number of furan rings is 1. The number of aromatic nitrogens is 1. The van der Waals surface area contributed by atoms with E-state index >= 15 is 0 Å². The van der Waals surface area contributed by atoms with Crippen LogP contribution in [0.5, 0.6) is 0 Å². The van der Waals surface area contributed by atoms with E-state index < -0.39 is 12.1 Å². The highest BCUT2D eigenvalue weighted by Gasteiger charge is 2.38. The van der Waals surface area contributed by atoms with E-state index in [1.807, 2.05) is 12.1 Å². The number of amides is 4. The molecule has 3 rings (SSSR count). The highest BCUT2D eigenvalue weighted by atomic mass is 16.3. The Bertz CT molecular complexity index is 761. The molecule has 2 N–H and O–H groups in total. The fraction of sp³-hybridized carbons (Fsp3) is 0.333. The Morgan fingerprint density at radius 2 is 2.08 bits per heavy atom. The molecular weight excluding hydrogens is 336 g/mol. The molecule has 0 saturated carbocycles. The molecule has 1 aliphatic rings. The minimum Gasteiger partial charge on any atom is -0.467 e. The third kappa shape index (κ3) is 4.47. The third-order valence-electron chi connectivity index (χ3n) is 4.15. The predicted octanol–water partition coefficient (Wildman–Crippen LogP) is 1.23. The van der Waals surface area contributed by atoms with Crippen molar-refractivity contribution in [2.75, 3.05) is 6.54 Å². The van der Waals surface area contributed by atoms with Crippen molar-refractivity contribution in [1.29, 1.82) is 0 Å². The standard InChI is InChI=1S/C18H20N4O4/c23-16(20-10-7-13-5-8-19-9-6-13)4-3-15-17(24)22(18(25)21-15)12-14-2-1-11-26-14/h1-2,5-6,8-9,11,15H,3-4,7,10,12H2,(H,20,23)(H,21,25). The van der Waals surface area contributed by atoms with Gasteiger partial charge in [-0.25, -0.2) is 4.79 Å². The summed E-state index contributed by atoms with van der Waals surface area (Å²) in [6, 6.07) is 6.04. The fourth-order valence-electron chi connectivity index (χ4n) is 2.74. The van der Waals surface area contributed by atoms with E-state index in [-0.39, 0.29) is 31.2 Å². The smallest absolute Gasteiger partial charge is 0.325 e. The highest BCUT2D eigenvalue weighted by molar-refractivity contribution is 6.04. The number of carbonyl (C=O) groups is 3. The minimum absolute atomic E-state index is 0.0896. The van der Waals surface area contributed by atoms with Gasteiger partial charge in [-0.3, -0.25) is 19.5 Å². The van der Waals surface area contributed by atoms with Crippen molar-refractivity contribution in [3.8, 4) is 0 Å². The zero-order valence-corrected chi connectivity index (χ0v) is 14.2. The van der Waals surface area contributed by atoms with E-state index in [1.54, 1.807) is 24.5 Å². The summed E-state index contributed by atoms with van der Waals surface area (Å²) in [6.07, 6.45) is 6.05. The van der Waals surface area contributed by atoms with Crippen molar-refractivity contribution in [1.82, 2.24) is 20.5 Å². The zero-order chi connectivity index (χ0) is 18.4. The summed E-state index contributed by atoms with van der Waals surface area (Å²) < 4.78 is 5.16. The van der Waals surface area contributed by atoms with Gasteiger partial charge in [0.05, 0.1) is 12.8 Å². The second kappa shape index (κ2) is 8.28. The number of hydrogen-bond donors (Lipinski definition) is 2. The molecule has 2 aromatic rings. The molecule has 0 aromatic carbocycles. The van der Waals surface area contributed by atoms with Crippen molar-refractivity contribution in [3.05, 3.63) is 54.2 Å². The van der Waals surface area contributed by atoms with Gasteiger partial charge < -0.3 is 15.1 Å². The van der Waals surface area contributed by atoms with Gasteiger partial charge in [0, 0.05) is 25.4 Å². The number of nitrogens with zero attached hydrogens (tertiary/aromatic N) is 2. The molecule has 0 aliphatic carbocycles. The first-order valence-corrected chi connectivity index (χ1v) is 8.43. The second-order valence-corrected chi connectivity index (χ2v) is 6.00. The number of nitrogens with one attached hydrogen (secondary N) is 2. The van der Waals surface area contributed by atoms with Crippen LogP contribution in [0.25, 0.3) is 0 Å². The Morgan fingerprint density at radius 3 is 2.81 bits per heavy atom. The van der Waals surface area contributed by atoms with Gasteiger partial charge in [0.2, 0.25) is 5.91 Å². The average Bonchev–Trinajstić information content (AvgIpc) is 3.25. The molecule has 0 spiro atoms. The number of carbonyl (C=O) groups excluding carboxylic acids is 3. The van der Waals surface area contributed by atoms with E-state index in [0.717, 1.165) is 10.5 Å². The number of imide groups is 1. The van der Waals surface area contributed by atoms with Crippen molar-refractivity contribution in [2.24, 2.45) is 0 Å². The van der Waals surface area contributed by atoms with Gasteiger partial charge in [-0.1, -0.05) is 0 Å². The van der Waals surface area contributed by atoms with Gasteiger partial charge in [0.25, 0.3) is 5.91 Å². The second-order valence-electron chi connectivity index (χ2n) is 6.00. The molecule has 8 heteroatoms. The molecule has 136 valence electrons. The van der Waals surface area contributed by atoms with Gasteiger partial charge in [-0.05, 0) is 42.7 Å². The maximum atomic E-state index is 12.3. The summed E-state index contributed by atoms with van der Waals surface area (Å²) in [6.45, 7) is 0.602. The van der Waals surface area contributed by atoms with E-state index in [1.165, 1.54) is 6.26 Å². The highest BCUT2D eigenvalue weighted by Crippen LogP contribution is 2.15. The molecule has 2 aromatic heterocycles. The van der Waals surface area contributed by atoms with Crippen LogP contribution in [0.1, 0.15) is 24.2 Å². The molecule has 1 aliphatic heterocycles. The van der Waals surface area contributed by atoms with E-state index in [4.69, 9.17) is 4.42 Å². The van der Waals surface area contributed by atoms with Crippen LogP contribution in [0.2, 0.25) is 0 Å². The lowest BCUT2D eigenvalue weighted by atomic mass is 10.1. The number of pyridine rings is 1. The maximum absolute atomic E-state index is 12.3. The summed E-state index contributed by atoms with van der Waals surface area (Å²) >= 11 is 0. The first-order chi connectivity index (χ1) is 12.6. The van der Waals surface area contributed by atoms with Gasteiger partial charge in [0.1, 0.15) is 11.8 Å². The molecular formula is C18H20N4O4. The first kappa shape index (κ1) is 17.7. The van der Waals surface area contributed by atoms with E-state index in [9.17, 15) is 14.4 Å². The van der Waals surface area contributed by atoms with Gasteiger partial charge in [-0.15, -0.1) is 0 Å². The summed E-state index contributed by atoms with van der Waals surface area (Å²) in [4.78, 5) is 41.2.